The Hall–Kier alpha value is -12.1. The quantitative estimate of drug-likeness (QED) is 0.159. The van der Waals surface area contributed by atoms with Crippen LogP contribution in [0.25, 0.3) is 89.5 Å². The van der Waals surface area contributed by atoms with Crippen molar-refractivity contribution in [2.75, 3.05) is 4.90 Å². The predicted molar refractivity (Wildman–Crippen MR) is 381 cm³/mol. The molecule has 0 bridgehead atoms. The Morgan fingerprint density at radius 3 is 0.830 bits per heavy atom. The van der Waals surface area contributed by atoms with Crippen molar-refractivity contribution in [1.29, 1.82) is 0 Å². The summed E-state index contributed by atoms with van der Waals surface area (Å²) in [4.78, 5) is 18.1. The highest BCUT2D eigenvalue weighted by atomic mass is 15.3. The second-order valence-electron chi connectivity index (χ2n) is 25.6. The summed E-state index contributed by atoms with van der Waals surface area (Å²) in [6, 6.07) is 126. The van der Waals surface area contributed by atoms with Crippen LogP contribution in [-0.2, 0) is 16.2 Å². The van der Waals surface area contributed by atoms with E-state index in [1.807, 2.05) is 36.4 Å². The molecule has 4 nitrogen and oxygen atoms in total. The van der Waals surface area contributed by atoms with Crippen molar-refractivity contribution in [3.63, 3.8) is 0 Å². The van der Waals surface area contributed by atoms with Crippen LogP contribution in [0.2, 0.25) is 0 Å². The van der Waals surface area contributed by atoms with Gasteiger partial charge in [-0.3, -0.25) is 4.90 Å². The largest absolute Gasteiger partial charge is 0.278 e. The molecule has 4 heteroatoms. The number of hydrogen-bond acceptors (Lipinski definition) is 4. The zero-order chi connectivity index (χ0) is 61.7. The number of hydrogen-bond donors (Lipinski definition) is 0. The van der Waals surface area contributed by atoms with Crippen molar-refractivity contribution in [2.24, 2.45) is 0 Å². The number of nitrogens with zero attached hydrogens (tertiary/aromatic N) is 4. The van der Waals surface area contributed by atoms with E-state index in [4.69, 9.17) is 15.0 Å². The molecule has 2 spiro atoms. The third kappa shape index (κ3) is 7.03. The maximum absolute atomic E-state index is 5.35. The number of para-hydroxylation sites is 2. The summed E-state index contributed by atoms with van der Waals surface area (Å²) in [5.41, 5.74) is 32.4. The molecular weight excluding hydrogens is 1140 g/mol. The topological polar surface area (TPSA) is 41.9 Å². The molecule has 0 fully saturated rings. The summed E-state index contributed by atoms with van der Waals surface area (Å²) in [5.74, 6) is 1.79. The molecule has 14 aromatic carbocycles. The molecule has 0 saturated carbocycles. The van der Waals surface area contributed by atoms with Gasteiger partial charge in [-0.25, -0.2) is 4.98 Å². The maximum Gasteiger partial charge on any atom is 0.238 e. The van der Waals surface area contributed by atoms with Gasteiger partial charge in [0.1, 0.15) is 0 Å². The van der Waals surface area contributed by atoms with Crippen LogP contribution in [0, 0.1) is 0 Å². The molecule has 1 aliphatic heterocycles. The maximum atomic E-state index is 5.35. The zero-order valence-corrected chi connectivity index (χ0v) is 51.1. The van der Waals surface area contributed by atoms with Gasteiger partial charge in [-0.05, 0) is 158 Å². The molecule has 436 valence electrons. The minimum Gasteiger partial charge on any atom is -0.278 e. The van der Waals surface area contributed by atoms with Crippen molar-refractivity contribution in [1.82, 2.24) is 15.0 Å². The van der Waals surface area contributed by atoms with Gasteiger partial charge in [-0.1, -0.05) is 315 Å². The Labute approximate surface area is 546 Å². The molecular formula is C90H56N4. The summed E-state index contributed by atoms with van der Waals surface area (Å²) in [6.45, 7) is 0. The van der Waals surface area contributed by atoms with Crippen LogP contribution in [0.3, 0.4) is 0 Å². The average molecular weight is 1190 g/mol. The highest BCUT2D eigenvalue weighted by Crippen LogP contribution is 2.66. The Bertz CT molecular complexity index is 5420. The van der Waals surface area contributed by atoms with Crippen molar-refractivity contribution < 1.29 is 0 Å². The summed E-state index contributed by atoms with van der Waals surface area (Å²) >= 11 is 0. The van der Waals surface area contributed by atoms with Crippen molar-refractivity contribution in [2.45, 2.75) is 16.2 Å². The van der Waals surface area contributed by atoms with Gasteiger partial charge in [0.15, 0.2) is 11.6 Å². The van der Waals surface area contributed by atoms with Crippen LogP contribution in [0.5, 0.6) is 0 Å². The van der Waals surface area contributed by atoms with E-state index in [1.54, 1.807) is 0 Å². The highest BCUT2D eigenvalue weighted by molar-refractivity contribution is 5.99. The fraction of sp³-hybridized carbons (Fsp3) is 0.0333. The van der Waals surface area contributed by atoms with Crippen LogP contribution in [0.4, 0.5) is 17.3 Å². The molecule has 15 aromatic rings. The first-order valence-corrected chi connectivity index (χ1v) is 32.6. The third-order valence-electron chi connectivity index (χ3n) is 21.3. The average Bonchev–Trinajstić information content (AvgIpc) is 1.65. The van der Waals surface area contributed by atoms with E-state index >= 15 is 0 Å². The minimum absolute atomic E-state index is 0.414. The molecule has 94 heavy (non-hydrogen) atoms. The second-order valence-corrected chi connectivity index (χ2v) is 25.6. The Balaban J connectivity index is 0.718. The highest BCUT2D eigenvalue weighted by Gasteiger charge is 2.54. The molecule has 0 saturated heterocycles. The van der Waals surface area contributed by atoms with Crippen LogP contribution >= 0.6 is 0 Å². The first-order valence-electron chi connectivity index (χ1n) is 32.6. The fourth-order valence-corrected chi connectivity index (χ4v) is 17.5. The van der Waals surface area contributed by atoms with Gasteiger partial charge in [0.2, 0.25) is 5.95 Å². The summed E-state index contributed by atoms with van der Waals surface area (Å²) in [5, 5.41) is 0. The number of aromatic nitrogens is 3. The third-order valence-corrected chi connectivity index (χ3v) is 21.3. The zero-order valence-electron chi connectivity index (χ0n) is 51.1. The lowest BCUT2D eigenvalue weighted by Gasteiger charge is -2.44. The lowest BCUT2D eigenvalue weighted by atomic mass is 9.64. The Morgan fingerprint density at radius 1 is 0.191 bits per heavy atom. The molecule has 1 aromatic heterocycles. The Morgan fingerprint density at radius 2 is 0.468 bits per heavy atom. The van der Waals surface area contributed by atoms with Crippen molar-refractivity contribution >= 4 is 17.3 Å². The minimum atomic E-state index is -0.684. The van der Waals surface area contributed by atoms with Crippen molar-refractivity contribution in [3.8, 4) is 89.5 Å². The van der Waals surface area contributed by atoms with Crippen LogP contribution in [0.1, 0.15) is 66.8 Å². The van der Waals surface area contributed by atoms with Crippen molar-refractivity contribution in [3.05, 3.63) is 406 Å². The Kier molecular flexibility index (Phi) is 11.2. The molecule has 4 aliphatic carbocycles. The van der Waals surface area contributed by atoms with E-state index in [2.05, 4.69) is 308 Å². The van der Waals surface area contributed by atoms with E-state index in [0.29, 0.717) is 17.6 Å². The number of benzene rings is 14. The summed E-state index contributed by atoms with van der Waals surface area (Å²) in [7, 11) is 0. The molecule has 0 unspecified atom stereocenters. The molecule has 0 N–H and O–H groups in total. The van der Waals surface area contributed by atoms with E-state index in [0.717, 1.165) is 44.8 Å². The number of rotatable bonds is 7. The summed E-state index contributed by atoms with van der Waals surface area (Å²) < 4.78 is 0. The van der Waals surface area contributed by atoms with Crippen LogP contribution in [0.15, 0.2) is 340 Å². The van der Waals surface area contributed by atoms with E-state index in [1.165, 1.54) is 111 Å². The first kappa shape index (κ1) is 52.6. The van der Waals surface area contributed by atoms with Gasteiger partial charge in [-0.15, -0.1) is 0 Å². The van der Waals surface area contributed by atoms with Gasteiger partial charge in [0, 0.05) is 11.1 Å². The normalized spacial score (nSPS) is 14.4. The van der Waals surface area contributed by atoms with Gasteiger partial charge in [0.25, 0.3) is 0 Å². The molecule has 0 amide bonds. The number of anilines is 3. The van der Waals surface area contributed by atoms with Gasteiger partial charge in [0.05, 0.1) is 27.6 Å². The van der Waals surface area contributed by atoms with Gasteiger partial charge < -0.3 is 0 Å². The predicted octanol–water partition coefficient (Wildman–Crippen LogP) is 21.4. The molecule has 0 radical (unpaired) electrons. The smallest absolute Gasteiger partial charge is 0.238 e. The van der Waals surface area contributed by atoms with E-state index in [9.17, 15) is 0 Å². The molecule has 2 heterocycles. The number of fused-ring (bicyclic) bond motifs is 22. The fourth-order valence-electron chi connectivity index (χ4n) is 17.5. The second kappa shape index (κ2) is 19.9. The first-order chi connectivity index (χ1) is 46.6. The molecule has 20 rings (SSSR count). The summed E-state index contributed by atoms with van der Waals surface area (Å²) in [6.07, 6.45) is 0. The van der Waals surface area contributed by atoms with E-state index in [-0.39, 0.29) is 0 Å². The van der Waals surface area contributed by atoms with Gasteiger partial charge in [-0.2, -0.15) is 9.97 Å². The van der Waals surface area contributed by atoms with Crippen LogP contribution in [-0.4, -0.2) is 15.0 Å². The van der Waals surface area contributed by atoms with E-state index < -0.39 is 16.2 Å². The lowest BCUT2D eigenvalue weighted by molar-refractivity contribution is 0.749. The monoisotopic (exact) mass is 1190 g/mol. The molecule has 0 atom stereocenters. The SMILES string of the molecule is c1ccc(-c2nc(-c3ccccc3)nc(N3c4ccccc4C4(c5ccccc5-c5ccc(-c6ccc(C7(c8ccc(-c9ccc%10c(c9)C9(c%11ccccc%11-c%11ccccc%119)c9ccccc9-%10)cc8)c8ccccc8-c8ccccc87)cc6)cc54)c4ccccc43)n2)cc1. The molecule has 5 aliphatic rings. The van der Waals surface area contributed by atoms with Gasteiger partial charge >= 0.3 is 0 Å². The lowest BCUT2D eigenvalue weighted by Crippen LogP contribution is -2.36. The van der Waals surface area contributed by atoms with Crippen LogP contribution < -0.4 is 4.90 Å². The standard InChI is InChI=1S/C90H56N4/c1-3-23-59(24-4-1)85-91-86(60-25-5-2-6-26-60)93-87(92-85)94-83-41-21-19-39-79(83)90(80-40-20-22-42-84(80)94)78-38-18-12-32-70(78)72-54-48-62(56-82(72)90)58-45-51-64(52-46-58)88(73-33-13-7-27-65(73)66-28-8-14-34-74(66)88)63-49-43-57(44-50-63)61-47-53-71-69-31-11-17-37-77(69)89(81(71)55-61)75-35-15-9-29-67(75)68-30-10-16-36-76(68)89/h1-56H.